The first kappa shape index (κ1) is 16.2. The Balaban J connectivity index is 1.79. The molecule has 2 amide bonds. The number of halogens is 1. The highest BCUT2D eigenvalue weighted by atomic mass is 19.1. The minimum atomic E-state index is -0.842. The largest absolute Gasteiger partial charge is 0.480 e. The molecule has 1 heterocycles. The van der Waals surface area contributed by atoms with Gasteiger partial charge in [0.2, 0.25) is 0 Å². The molecule has 0 bridgehead atoms. The van der Waals surface area contributed by atoms with Gasteiger partial charge in [0.15, 0.2) is 0 Å². The zero-order valence-electron chi connectivity index (χ0n) is 12.4. The lowest BCUT2D eigenvalue weighted by Crippen LogP contribution is -2.47. The summed E-state index contributed by atoms with van der Waals surface area (Å²) in [4.78, 5) is 24.4. The van der Waals surface area contributed by atoms with Crippen LogP contribution in [0.25, 0.3) is 0 Å². The van der Waals surface area contributed by atoms with E-state index in [1.165, 1.54) is 12.1 Å². The first-order valence-electron chi connectivity index (χ1n) is 7.21. The summed E-state index contributed by atoms with van der Waals surface area (Å²) in [5.74, 6) is -1.23. The Hall–Kier alpha value is -2.15. The van der Waals surface area contributed by atoms with Gasteiger partial charge in [-0.15, -0.1) is 0 Å². The van der Waals surface area contributed by atoms with Crippen LogP contribution in [-0.4, -0.2) is 47.7 Å². The number of carboxylic acid groups (broad SMARTS) is 1. The zero-order chi connectivity index (χ0) is 16.1. The molecule has 0 radical (unpaired) electrons. The molecule has 0 aliphatic carbocycles. The maximum absolute atomic E-state index is 13.3. The number of benzene rings is 1. The average Bonchev–Trinajstić information content (AvgIpc) is 2.39. The molecule has 1 aliphatic heterocycles. The second kappa shape index (κ2) is 7.22. The molecule has 0 saturated carbocycles. The standard InChI is InChI=1S/C15H20FN3O3/c1-10-6-11(16)8-13(7-10)18-15(22)17-12-2-4-19(5-3-12)9-14(20)21/h6-8,12H,2-5,9H2,1H3,(H,20,21)(H2,17,18,22). The molecule has 1 saturated heterocycles. The molecule has 22 heavy (non-hydrogen) atoms. The molecule has 0 unspecified atom stereocenters. The van der Waals surface area contributed by atoms with Crippen LogP contribution >= 0.6 is 0 Å². The van der Waals surface area contributed by atoms with Gasteiger partial charge in [0.25, 0.3) is 0 Å². The summed E-state index contributed by atoms with van der Waals surface area (Å²) in [6, 6.07) is 3.97. The third-order valence-corrected chi connectivity index (χ3v) is 3.58. The van der Waals surface area contributed by atoms with E-state index in [1.54, 1.807) is 13.0 Å². The van der Waals surface area contributed by atoms with Gasteiger partial charge in [-0.05, 0) is 43.5 Å². The molecule has 0 aromatic heterocycles. The van der Waals surface area contributed by atoms with Crippen LogP contribution in [0.4, 0.5) is 14.9 Å². The van der Waals surface area contributed by atoms with E-state index in [-0.39, 0.29) is 18.6 Å². The topological polar surface area (TPSA) is 81.7 Å². The summed E-state index contributed by atoms with van der Waals surface area (Å²) >= 11 is 0. The fraction of sp³-hybridized carbons (Fsp3) is 0.467. The summed E-state index contributed by atoms with van der Waals surface area (Å²) in [6.45, 7) is 3.05. The van der Waals surface area contributed by atoms with Crippen LogP contribution in [-0.2, 0) is 4.79 Å². The van der Waals surface area contributed by atoms with Crippen molar-refractivity contribution in [1.82, 2.24) is 10.2 Å². The molecule has 7 heteroatoms. The molecule has 2 rings (SSSR count). The van der Waals surface area contributed by atoms with Crippen molar-refractivity contribution in [3.05, 3.63) is 29.6 Å². The highest BCUT2D eigenvalue weighted by Gasteiger charge is 2.21. The third kappa shape index (κ3) is 5.00. The van der Waals surface area contributed by atoms with Gasteiger partial charge in [0.05, 0.1) is 6.54 Å². The summed E-state index contributed by atoms with van der Waals surface area (Å²) in [5, 5.41) is 14.2. The predicted octanol–water partition coefficient (Wildman–Crippen LogP) is 1.80. The Morgan fingerprint density at radius 3 is 2.59 bits per heavy atom. The first-order valence-corrected chi connectivity index (χ1v) is 7.21. The minimum absolute atomic E-state index is 0.000277. The number of urea groups is 1. The van der Waals surface area contributed by atoms with Crippen LogP contribution < -0.4 is 10.6 Å². The van der Waals surface area contributed by atoms with Gasteiger partial charge >= 0.3 is 12.0 Å². The number of hydrogen-bond donors (Lipinski definition) is 3. The van der Waals surface area contributed by atoms with Crippen molar-refractivity contribution in [2.45, 2.75) is 25.8 Å². The Morgan fingerprint density at radius 2 is 2.00 bits per heavy atom. The number of nitrogens with one attached hydrogen (secondary N) is 2. The van der Waals surface area contributed by atoms with Crippen molar-refractivity contribution in [2.24, 2.45) is 0 Å². The number of carbonyl (C=O) groups is 2. The van der Waals surface area contributed by atoms with Crippen LogP contribution in [0.3, 0.4) is 0 Å². The Kier molecular flexibility index (Phi) is 5.32. The normalized spacial score (nSPS) is 16.3. The number of carbonyl (C=O) groups excluding carboxylic acids is 1. The number of hydrogen-bond acceptors (Lipinski definition) is 3. The number of nitrogens with zero attached hydrogens (tertiary/aromatic N) is 1. The number of likely N-dealkylation sites (tertiary alicyclic amines) is 1. The van der Waals surface area contributed by atoms with Crippen LogP contribution in [0.5, 0.6) is 0 Å². The minimum Gasteiger partial charge on any atom is -0.480 e. The first-order chi connectivity index (χ1) is 10.4. The number of aryl methyl sites for hydroxylation is 1. The van der Waals surface area contributed by atoms with Crippen LogP contribution in [0.2, 0.25) is 0 Å². The molecule has 0 spiro atoms. The Bertz CT molecular complexity index is 537. The molecule has 6 nitrogen and oxygen atoms in total. The van der Waals surface area contributed by atoms with Gasteiger partial charge in [-0.25, -0.2) is 9.18 Å². The number of rotatable bonds is 4. The molecule has 120 valence electrons. The van der Waals surface area contributed by atoms with Crippen molar-refractivity contribution >= 4 is 17.7 Å². The number of aliphatic carboxylic acids is 1. The highest BCUT2D eigenvalue weighted by molar-refractivity contribution is 5.89. The van der Waals surface area contributed by atoms with E-state index in [1.807, 2.05) is 4.90 Å². The van der Waals surface area contributed by atoms with Crippen molar-refractivity contribution in [2.75, 3.05) is 25.0 Å². The monoisotopic (exact) mass is 309 g/mol. The van der Waals surface area contributed by atoms with E-state index in [0.717, 1.165) is 5.56 Å². The lowest BCUT2D eigenvalue weighted by Gasteiger charge is -2.31. The molecule has 1 aromatic carbocycles. The lowest BCUT2D eigenvalue weighted by molar-refractivity contribution is -0.138. The summed E-state index contributed by atoms with van der Waals surface area (Å²) in [7, 11) is 0. The number of amides is 2. The van der Waals surface area contributed by atoms with Gasteiger partial charge in [0, 0.05) is 24.8 Å². The average molecular weight is 309 g/mol. The molecular formula is C15H20FN3O3. The summed E-state index contributed by atoms with van der Waals surface area (Å²) < 4.78 is 13.3. The molecule has 1 fully saturated rings. The van der Waals surface area contributed by atoms with Crippen LogP contribution in [0.15, 0.2) is 18.2 Å². The van der Waals surface area contributed by atoms with Gasteiger partial charge in [-0.3, -0.25) is 9.69 Å². The van der Waals surface area contributed by atoms with E-state index in [4.69, 9.17) is 5.11 Å². The fourth-order valence-electron chi connectivity index (χ4n) is 2.59. The SMILES string of the molecule is Cc1cc(F)cc(NC(=O)NC2CCN(CC(=O)O)CC2)c1. The quantitative estimate of drug-likeness (QED) is 0.792. The highest BCUT2D eigenvalue weighted by Crippen LogP contribution is 2.14. The maximum atomic E-state index is 13.3. The maximum Gasteiger partial charge on any atom is 0.319 e. The molecule has 3 N–H and O–H groups in total. The van der Waals surface area contributed by atoms with E-state index in [2.05, 4.69) is 10.6 Å². The van der Waals surface area contributed by atoms with Crippen LogP contribution in [0, 0.1) is 12.7 Å². The van der Waals surface area contributed by atoms with Crippen molar-refractivity contribution in [1.29, 1.82) is 0 Å². The van der Waals surface area contributed by atoms with E-state index in [9.17, 15) is 14.0 Å². The van der Waals surface area contributed by atoms with Gasteiger partial charge in [0.1, 0.15) is 5.82 Å². The second-order valence-corrected chi connectivity index (χ2v) is 5.56. The molecule has 0 atom stereocenters. The Morgan fingerprint density at radius 1 is 1.32 bits per heavy atom. The third-order valence-electron chi connectivity index (χ3n) is 3.58. The van der Waals surface area contributed by atoms with Crippen LogP contribution in [0.1, 0.15) is 18.4 Å². The number of anilines is 1. The summed E-state index contributed by atoms with van der Waals surface area (Å²) in [5.41, 5.74) is 1.15. The zero-order valence-corrected chi connectivity index (χ0v) is 12.4. The predicted molar refractivity (Wildman–Crippen MR) is 80.4 cm³/mol. The van der Waals surface area contributed by atoms with E-state index >= 15 is 0 Å². The van der Waals surface area contributed by atoms with Gasteiger partial charge in [-0.1, -0.05) is 0 Å². The fourth-order valence-corrected chi connectivity index (χ4v) is 2.59. The molecule has 1 aliphatic rings. The van der Waals surface area contributed by atoms with Crippen molar-refractivity contribution in [3.8, 4) is 0 Å². The van der Waals surface area contributed by atoms with Crippen molar-refractivity contribution < 1.29 is 19.1 Å². The van der Waals surface area contributed by atoms with Gasteiger partial charge < -0.3 is 15.7 Å². The van der Waals surface area contributed by atoms with Crippen molar-refractivity contribution in [3.63, 3.8) is 0 Å². The van der Waals surface area contributed by atoms with Gasteiger partial charge in [-0.2, -0.15) is 0 Å². The Labute approximate surface area is 128 Å². The second-order valence-electron chi connectivity index (χ2n) is 5.56. The van der Waals surface area contributed by atoms with E-state index < -0.39 is 11.8 Å². The lowest BCUT2D eigenvalue weighted by atomic mass is 10.1. The summed E-state index contributed by atoms with van der Waals surface area (Å²) in [6.07, 6.45) is 1.39. The smallest absolute Gasteiger partial charge is 0.319 e. The number of piperidine rings is 1. The molecular weight excluding hydrogens is 289 g/mol. The van der Waals surface area contributed by atoms with E-state index in [0.29, 0.717) is 31.6 Å². The number of carboxylic acids is 1. The molecule has 1 aromatic rings.